The maximum absolute atomic E-state index is 13.2. The largest absolute Gasteiger partial charge is 0.352 e. The predicted molar refractivity (Wildman–Crippen MR) is 112 cm³/mol. The number of para-hydroxylation sites is 1. The van der Waals surface area contributed by atoms with E-state index in [9.17, 15) is 9.59 Å². The van der Waals surface area contributed by atoms with Crippen molar-refractivity contribution < 1.29 is 9.59 Å². The van der Waals surface area contributed by atoms with Gasteiger partial charge in [0.05, 0.1) is 6.54 Å². The summed E-state index contributed by atoms with van der Waals surface area (Å²) in [6.07, 6.45) is 0.883. The number of hydrogen-bond donors (Lipinski definition) is 1. The van der Waals surface area contributed by atoms with E-state index in [1.54, 1.807) is 29.2 Å². The second-order valence-electron chi connectivity index (χ2n) is 6.55. The Bertz CT molecular complexity index is 906. The summed E-state index contributed by atoms with van der Waals surface area (Å²) in [5.74, 6) is -0.222. The molecule has 0 aliphatic heterocycles. The van der Waals surface area contributed by atoms with E-state index in [-0.39, 0.29) is 11.8 Å². The van der Waals surface area contributed by atoms with Crippen LogP contribution in [0.3, 0.4) is 0 Å². The Hall–Kier alpha value is -3.40. The molecule has 3 rings (SSSR count). The minimum atomic E-state index is -0.120. The van der Waals surface area contributed by atoms with Gasteiger partial charge in [-0.15, -0.1) is 0 Å². The van der Waals surface area contributed by atoms with Crippen molar-refractivity contribution in [1.82, 2.24) is 5.32 Å². The van der Waals surface area contributed by atoms with Crippen molar-refractivity contribution in [2.24, 2.45) is 0 Å². The summed E-state index contributed by atoms with van der Waals surface area (Å²) >= 11 is 0. The molecular weight excluding hydrogens is 348 g/mol. The number of carbonyl (C=O) groups is 2. The molecule has 0 aromatic heterocycles. The van der Waals surface area contributed by atoms with E-state index in [0.29, 0.717) is 24.2 Å². The Kier molecular flexibility index (Phi) is 6.58. The van der Waals surface area contributed by atoms with Gasteiger partial charge in [-0.25, -0.2) is 0 Å². The van der Waals surface area contributed by atoms with Crippen LogP contribution < -0.4 is 10.2 Å². The average Bonchev–Trinajstić information content (AvgIpc) is 2.77. The van der Waals surface area contributed by atoms with Crippen LogP contribution in [0.2, 0.25) is 0 Å². The van der Waals surface area contributed by atoms with Gasteiger partial charge in [-0.2, -0.15) is 0 Å². The van der Waals surface area contributed by atoms with Gasteiger partial charge in [0.15, 0.2) is 0 Å². The molecule has 1 N–H and O–H groups in total. The van der Waals surface area contributed by atoms with Gasteiger partial charge in [-0.3, -0.25) is 9.59 Å². The van der Waals surface area contributed by atoms with E-state index in [2.05, 4.69) is 5.32 Å². The third-order valence-corrected chi connectivity index (χ3v) is 4.43. The Balaban J connectivity index is 1.84. The van der Waals surface area contributed by atoms with Crippen LogP contribution in [-0.4, -0.2) is 18.4 Å². The highest BCUT2D eigenvalue weighted by atomic mass is 16.2. The zero-order valence-corrected chi connectivity index (χ0v) is 16.0. The van der Waals surface area contributed by atoms with Gasteiger partial charge in [0, 0.05) is 23.4 Å². The zero-order valence-electron chi connectivity index (χ0n) is 16.0. The van der Waals surface area contributed by atoms with E-state index in [1.807, 2.05) is 67.6 Å². The van der Waals surface area contributed by atoms with Crippen LogP contribution in [-0.2, 0) is 6.54 Å². The number of nitrogens with one attached hydrogen (secondary N) is 1. The van der Waals surface area contributed by atoms with Crippen LogP contribution in [0.4, 0.5) is 5.69 Å². The fourth-order valence-electron chi connectivity index (χ4n) is 2.91. The van der Waals surface area contributed by atoms with Crippen molar-refractivity contribution in [3.63, 3.8) is 0 Å². The lowest BCUT2D eigenvalue weighted by atomic mass is 10.1. The molecule has 0 bridgehead atoms. The summed E-state index contributed by atoms with van der Waals surface area (Å²) in [4.78, 5) is 27.1. The first kappa shape index (κ1) is 19.4. The summed E-state index contributed by atoms with van der Waals surface area (Å²) in [5, 5.41) is 2.84. The van der Waals surface area contributed by atoms with Crippen molar-refractivity contribution in [2.45, 2.75) is 19.9 Å². The van der Waals surface area contributed by atoms with Gasteiger partial charge in [0.1, 0.15) is 0 Å². The highest BCUT2D eigenvalue weighted by molar-refractivity contribution is 6.06. The summed E-state index contributed by atoms with van der Waals surface area (Å²) in [6.45, 7) is 3.12. The van der Waals surface area contributed by atoms with Gasteiger partial charge in [0.2, 0.25) is 0 Å². The summed E-state index contributed by atoms with van der Waals surface area (Å²) in [7, 11) is 0. The summed E-state index contributed by atoms with van der Waals surface area (Å²) < 4.78 is 0. The minimum absolute atomic E-state index is 0.101. The van der Waals surface area contributed by atoms with Crippen LogP contribution in [0.25, 0.3) is 0 Å². The SMILES string of the molecule is CCCNC(=O)c1ccc(C(=O)N(Cc2ccccc2)c2ccccc2)cc1. The van der Waals surface area contributed by atoms with Crippen molar-refractivity contribution >= 4 is 17.5 Å². The third-order valence-electron chi connectivity index (χ3n) is 4.43. The second-order valence-corrected chi connectivity index (χ2v) is 6.55. The molecular formula is C24H24N2O2. The van der Waals surface area contributed by atoms with Crippen LogP contribution in [0, 0.1) is 0 Å². The first-order chi connectivity index (χ1) is 13.7. The van der Waals surface area contributed by atoms with Crippen LogP contribution in [0.5, 0.6) is 0 Å². The number of nitrogens with zero attached hydrogens (tertiary/aromatic N) is 1. The molecule has 0 atom stereocenters. The molecule has 28 heavy (non-hydrogen) atoms. The fourth-order valence-corrected chi connectivity index (χ4v) is 2.91. The molecule has 0 radical (unpaired) electrons. The van der Waals surface area contributed by atoms with Gasteiger partial charge >= 0.3 is 0 Å². The Morgan fingerprint density at radius 3 is 1.96 bits per heavy atom. The Labute approximate surface area is 165 Å². The highest BCUT2D eigenvalue weighted by Crippen LogP contribution is 2.20. The number of rotatable bonds is 7. The normalized spacial score (nSPS) is 10.3. The quantitative estimate of drug-likeness (QED) is 0.655. The van der Waals surface area contributed by atoms with Crippen LogP contribution in [0.15, 0.2) is 84.9 Å². The molecule has 3 aromatic carbocycles. The maximum Gasteiger partial charge on any atom is 0.258 e. The number of carbonyl (C=O) groups excluding carboxylic acids is 2. The van der Waals surface area contributed by atoms with Crippen LogP contribution in [0.1, 0.15) is 39.6 Å². The predicted octanol–water partition coefficient (Wildman–Crippen LogP) is 4.67. The van der Waals surface area contributed by atoms with Crippen molar-refractivity contribution in [3.05, 3.63) is 102 Å². The highest BCUT2D eigenvalue weighted by Gasteiger charge is 2.18. The molecule has 0 spiro atoms. The molecule has 0 saturated carbocycles. The number of hydrogen-bond acceptors (Lipinski definition) is 2. The summed E-state index contributed by atoms with van der Waals surface area (Å²) in [5.41, 5.74) is 2.99. The van der Waals surface area contributed by atoms with E-state index in [0.717, 1.165) is 17.7 Å². The summed E-state index contributed by atoms with van der Waals surface area (Å²) in [6, 6.07) is 26.3. The first-order valence-electron chi connectivity index (χ1n) is 9.48. The molecule has 4 nitrogen and oxygen atoms in total. The monoisotopic (exact) mass is 372 g/mol. The average molecular weight is 372 g/mol. The zero-order chi connectivity index (χ0) is 19.8. The van der Waals surface area contributed by atoms with Gasteiger partial charge < -0.3 is 10.2 Å². The molecule has 0 saturated heterocycles. The standard InChI is InChI=1S/C24H24N2O2/c1-2-17-25-23(27)20-13-15-21(16-14-20)24(28)26(22-11-7-4-8-12-22)18-19-9-5-3-6-10-19/h3-16H,2,17-18H2,1H3,(H,25,27). The number of benzene rings is 3. The number of anilines is 1. The molecule has 0 heterocycles. The minimum Gasteiger partial charge on any atom is -0.352 e. The van der Waals surface area contributed by atoms with Crippen molar-refractivity contribution in [2.75, 3.05) is 11.4 Å². The van der Waals surface area contributed by atoms with Crippen molar-refractivity contribution in [3.8, 4) is 0 Å². The third kappa shape index (κ3) is 4.86. The van der Waals surface area contributed by atoms with E-state index in [4.69, 9.17) is 0 Å². The molecule has 0 aliphatic carbocycles. The Morgan fingerprint density at radius 2 is 1.36 bits per heavy atom. The van der Waals surface area contributed by atoms with Gasteiger partial charge in [-0.05, 0) is 48.4 Å². The molecule has 142 valence electrons. The van der Waals surface area contributed by atoms with E-state index in [1.165, 1.54) is 0 Å². The van der Waals surface area contributed by atoms with Gasteiger partial charge in [0.25, 0.3) is 11.8 Å². The lowest BCUT2D eigenvalue weighted by Gasteiger charge is -2.23. The lowest BCUT2D eigenvalue weighted by Crippen LogP contribution is -2.30. The fraction of sp³-hybridized carbons (Fsp3) is 0.167. The van der Waals surface area contributed by atoms with Crippen molar-refractivity contribution in [1.29, 1.82) is 0 Å². The van der Waals surface area contributed by atoms with E-state index >= 15 is 0 Å². The maximum atomic E-state index is 13.2. The molecule has 4 heteroatoms. The Morgan fingerprint density at radius 1 is 0.786 bits per heavy atom. The first-order valence-corrected chi connectivity index (χ1v) is 9.48. The topological polar surface area (TPSA) is 49.4 Å². The number of amides is 2. The van der Waals surface area contributed by atoms with Crippen LogP contribution >= 0.6 is 0 Å². The molecule has 0 unspecified atom stereocenters. The molecule has 0 aliphatic rings. The molecule has 3 aromatic rings. The molecule has 0 fully saturated rings. The van der Waals surface area contributed by atoms with E-state index < -0.39 is 0 Å². The second kappa shape index (κ2) is 9.51. The lowest BCUT2D eigenvalue weighted by molar-refractivity contribution is 0.0950. The smallest absolute Gasteiger partial charge is 0.258 e. The molecule has 2 amide bonds. The van der Waals surface area contributed by atoms with Gasteiger partial charge in [-0.1, -0.05) is 55.5 Å².